The molecule has 0 bridgehead atoms. The molecule has 0 aliphatic carbocycles. The molecule has 2 nitrogen and oxygen atoms in total. The first-order chi connectivity index (χ1) is 9.19. The molecule has 0 aromatic heterocycles. The van der Waals surface area contributed by atoms with Crippen LogP contribution in [0.5, 0.6) is 5.75 Å². The number of benzene rings is 2. The highest BCUT2D eigenvalue weighted by Gasteiger charge is 2.00. The summed E-state index contributed by atoms with van der Waals surface area (Å²) in [7, 11) is 1.68. The Kier molecular flexibility index (Phi) is 5.28. The Bertz CT molecular complexity index is 540. The molecule has 0 saturated heterocycles. The van der Waals surface area contributed by atoms with Gasteiger partial charge in [-0.25, -0.2) is 0 Å². The van der Waals surface area contributed by atoms with E-state index in [2.05, 4.69) is 55.4 Å². The maximum atomic E-state index is 5.14. The molecular weight excluding hydrogens is 370 g/mol. The topological polar surface area (TPSA) is 21.3 Å². The van der Waals surface area contributed by atoms with Crippen molar-refractivity contribution in [2.24, 2.45) is 0 Å². The second kappa shape index (κ2) is 6.96. The van der Waals surface area contributed by atoms with E-state index in [-0.39, 0.29) is 0 Å². The molecule has 1 N–H and O–H groups in total. The summed E-state index contributed by atoms with van der Waals surface area (Å²) in [5.41, 5.74) is 2.39. The van der Waals surface area contributed by atoms with Crippen LogP contribution < -0.4 is 10.1 Å². The lowest BCUT2D eigenvalue weighted by Gasteiger charge is -2.09. The van der Waals surface area contributed by atoms with Crippen molar-refractivity contribution >= 4 is 37.5 Å². The lowest BCUT2D eigenvalue weighted by atomic mass is 10.1. The van der Waals surface area contributed by atoms with Crippen molar-refractivity contribution < 1.29 is 4.74 Å². The maximum Gasteiger partial charge on any atom is 0.118 e. The van der Waals surface area contributed by atoms with E-state index in [1.807, 2.05) is 24.3 Å². The Hall–Kier alpha value is -1.00. The number of ether oxygens (including phenoxy) is 1. The van der Waals surface area contributed by atoms with Crippen LogP contribution in [-0.2, 0) is 6.42 Å². The van der Waals surface area contributed by atoms with E-state index in [0.717, 1.165) is 33.3 Å². The third-order valence-electron chi connectivity index (χ3n) is 2.82. The summed E-state index contributed by atoms with van der Waals surface area (Å²) in [5.74, 6) is 0.895. The van der Waals surface area contributed by atoms with Gasteiger partial charge in [0.1, 0.15) is 5.75 Å². The lowest BCUT2D eigenvalue weighted by molar-refractivity contribution is 0.414. The zero-order chi connectivity index (χ0) is 13.7. The molecule has 2 rings (SSSR count). The van der Waals surface area contributed by atoms with Crippen LogP contribution >= 0.6 is 31.9 Å². The van der Waals surface area contributed by atoms with Gasteiger partial charge in [0.2, 0.25) is 0 Å². The van der Waals surface area contributed by atoms with Crippen molar-refractivity contribution in [3.05, 3.63) is 57.0 Å². The fourth-order valence-electron chi connectivity index (χ4n) is 1.77. The smallest absolute Gasteiger partial charge is 0.118 e. The van der Waals surface area contributed by atoms with E-state index in [4.69, 9.17) is 4.74 Å². The molecule has 0 atom stereocenters. The second-order valence-electron chi connectivity index (χ2n) is 4.15. The Morgan fingerprint density at radius 2 is 1.79 bits per heavy atom. The summed E-state index contributed by atoms with van der Waals surface area (Å²) in [6, 6.07) is 14.3. The number of rotatable bonds is 5. The van der Waals surface area contributed by atoms with Gasteiger partial charge in [0.25, 0.3) is 0 Å². The largest absolute Gasteiger partial charge is 0.497 e. The predicted molar refractivity (Wildman–Crippen MR) is 87.0 cm³/mol. The minimum atomic E-state index is 0.890. The quantitative estimate of drug-likeness (QED) is 0.793. The molecule has 100 valence electrons. The van der Waals surface area contributed by atoms with Crippen LogP contribution in [0.15, 0.2) is 51.4 Å². The summed E-state index contributed by atoms with van der Waals surface area (Å²) in [6.07, 6.45) is 0.975. The highest BCUT2D eigenvalue weighted by molar-refractivity contribution is 9.11. The summed E-state index contributed by atoms with van der Waals surface area (Å²) in [4.78, 5) is 0. The lowest BCUT2D eigenvalue weighted by Crippen LogP contribution is -2.05. The molecule has 2 aromatic rings. The number of methoxy groups -OCH3 is 1. The first-order valence-electron chi connectivity index (χ1n) is 6.01. The molecule has 0 aliphatic rings. The zero-order valence-electron chi connectivity index (χ0n) is 10.6. The van der Waals surface area contributed by atoms with E-state index in [1.54, 1.807) is 7.11 Å². The van der Waals surface area contributed by atoms with Gasteiger partial charge in [-0.3, -0.25) is 0 Å². The fourth-order valence-corrected chi connectivity index (χ4v) is 2.51. The Morgan fingerprint density at radius 3 is 2.47 bits per heavy atom. The third-order valence-corrected chi connectivity index (χ3v) is 4.00. The van der Waals surface area contributed by atoms with Crippen LogP contribution in [0.25, 0.3) is 0 Å². The monoisotopic (exact) mass is 383 g/mol. The number of nitrogens with one attached hydrogen (secondary N) is 1. The molecule has 0 aliphatic heterocycles. The van der Waals surface area contributed by atoms with Crippen molar-refractivity contribution in [2.45, 2.75) is 6.42 Å². The molecule has 0 unspecified atom stereocenters. The standard InChI is InChI=1S/C15H15Br2NO/c1-19-13-5-2-11(3-6-13)8-9-18-15-10-12(16)4-7-14(15)17/h2-7,10,18H,8-9H2,1H3. The number of hydrogen-bond donors (Lipinski definition) is 1. The molecule has 0 heterocycles. The summed E-state index contributed by atoms with van der Waals surface area (Å²) < 4.78 is 7.29. The Labute approximate surface area is 130 Å². The Morgan fingerprint density at radius 1 is 1.05 bits per heavy atom. The van der Waals surface area contributed by atoms with E-state index in [1.165, 1.54) is 5.56 Å². The summed E-state index contributed by atoms with van der Waals surface area (Å²) in [5, 5.41) is 3.42. The first kappa shape index (κ1) is 14.4. The van der Waals surface area contributed by atoms with E-state index >= 15 is 0 Å². The minimum absolute atomic E-state index is 0.890. The molecule has 2 aromatic carbocycles. The van der Waals surface area contributed by atoms with Crippen LogP contribution in [0.1, 0.15) is 5.56 Å². The van der Waals surface area contributed by atoms with Gasteiger partial charge in [-0.1, -0.05) is 28.1 Å². The summed E-state index contributed by atoms with van der Waals surface area (Å²) in [6.45, 7) is 0.890. The molecule has 0 spiro atoms. The maximum absolute atomic E-state index is 5.14. The van der Waals surface area contributed by atoms with E-state index < -0.39 is 0 Å². The molecule has 0 saturated carbocycles. The average Bonchev–Trinajstić information content (AvgIpc) is 2.43. The van der Waals surface area contributed by atoms with Gasteiger partial charge >= 0.3 is 0 Å². The summed E-state index contributed by atoms with van der Waals surface area (Å²) >= 11 is 7.01. The van der Waals surface area contributed by atoms with Crippen molar-refractivity contribution in [3.8, 4) is 5.75 Å². The van der Waals surface area contributed by atoms with Crippen molar-refractivity contribution in [1.29, 1.82) is 0 Å². The average molecular weight is 385 g/mol. The van der Waals surface area contributed by atoms with Gasteiger partial charge in [0.15, 0.2) is 0 Å². The third kappa shape index (κ3) is 4.25. The zero-order valence-corrected chi connectivity index (χ0v) is 13.8. The van der Waals surface area contributed by atoms with Gasteiger partial charge in [0.05, 0.1) is 7.11 Å². The van der Waals surface area contributed by atoms with E-state index in [9.17, 15) is 0 Å². The number of anilines is 1. The van der Waals surface area contributed by atoms with Crippen LogP contribution in [0.2, 0.25) is 0 Å². The van der Waals surface area contributed by atoms with Crippen molar-refractivity contribution in [1.82, 2.24) is 0 Å². The SMILES string of the molecule is COc1ccc(CCNc2cc(Br)ccc2Br)cc1. The number of hydrogen-bond acceptors (Lipinski definition) is 2. The molecule has 0 fully saturated rings. The highest BCUT2D eigenvalue weighted by Crippen LogP contribution is 2.26. The van der Waals surface area contributed by atoms with Crippen LogP contribution in [0.4, 0.5) is 5.69 Å². The van der Waals surface area contributed by atoms with Gasteiger partial charge in [0, 0.05) is 21.2 Å². The normalized spacial score (nSPS) is 10.3. The van der Waals surface area contributed by atoms with Crippen molar-refractivity contribution in [3.63, 3.8) is 0 Å². The van der Waals surface area contributed by atoms with Crippen LogP contribution in [0.3, 0.4) is 0 Å². The second-order valence-corrected chi connectivity index (χ2v) is 5.92. The fraction of sp³-hybridized carbons (Fsp3) is 0.200. The van der Waals surface area contributed by atoms with Crippen LogP contribution in [0, 0.1) is 0 Å². The Balaban J connectivity index is 1.90. The van der Waals surface area contributed by atoms with Gasteiger partial charge in [-0.05, 0) is 58.2 Å². The highest BCUT2D eigenvalue weighted by atomic mass is 79.9. The van der Waals surface area contributed by atoms with Crippen LogP contribution in [-0.4, -0.2) is 13.7 Å². The predicted octanol–water partition coefficient (Wildman–Crippen LogP) is 4.87. The molecular formula is C15H15Br2NO. The van der Waals surface area contributed by atoms with Gasteiger partial charge in [-0.2, -0.15) is 0 Å². The van der Waals surface area contributed by atoms with E-state index in [0.29, 0.717) is 0 Å². The minimum Gasteiger partial charge on any atom is -0.497 e. The first-order valence-corrected chi connectivity index (χ1v) is 7.59. The van der Waals surface area contributed by atoms with Gasteiger partial charge < -0.3 is 10.1 Å². The molecule has 19 heavy (non-hydrogen) atoms. The number of halogens is 2. The molecule has 0 radical (unpaired) electrons. The molecule has 0 amide bonds. The van der Waals surface area contributed by atoms with Crippen molar-refractivity contribution in [2.75, 3.05) is 19.0 Å². The van der Waals surface area contributed by atoms with Gasteiger partial charge in [-0.15, -0.1) is 0 Å². The molecule has 4 heteroatoms.